The fourth-order valence-corrected chi connectivity index (χ4v) is 3.73. The van der Waals surface area contributed by atoms with Gasteiger partial charge in [-0.25, -0.2) is 0 Å². The van der Waals surface area contributed by atoms with Gasteiger partial charge in [0, 0.05) is 18.8 Å². The van der Waals surface area contributed by atoms with Crippen molar-refractivity contribution in [2.45, 2.75) is 57.0 Å². The predicted molar refractivity (Wildman–Crippen MR) is 84.6 cm³/mol. The van der Waals surface area contributed by atoms with Gasteiger partial charge < -0.3 is 15.6 Å². The van der Waals surface area contributed by atoms with E-state index < -0.39 is 0 Å². The van der Waals surface area contributed by atoms with E-state index >= 15 is 0 Å². The van der Waals surface area contributed by atoms with E-state index in [1.54, 1.807) is 6.07 Å². The molecule has 2 unspecified atom stereocenters. The Bertz CT molecular complexity index is 538. The van der Waals surface area contributed by atoms with E-state index in [0.717, 1.165) is 32.1 Å². The number of aromatic nitrogens is 1. The zero-order valence-electron chi connectivity index (χ0n) is 12.6. The van der Waals surface area contributed by atoms with Crippen LogP contribution in [0.2, 0.25) is 5.02 Å². The van der Waals surface area contributed by atoms with Gasteiger partial charge in [-0.2, -0.15) is 0 Å². The second kappa shape index (κ2) is 5.65. The van der Waals surface area contributed by atoms with Crippen LogP contribution >= 0.6 is 11.6 Å². The Morgan fingerprint density at radius 2 is 2.24 bits per heavy atom. The van der Waals surface area contributed by atoms with E-state index in [0.29, 0.717) is 29.2 Å². The third-order valence-electron chi connectivity index (χ3n) is 5.17. The summed E-state index contributed by atoms with van der Waals surface area (Å²) in [4.78, 5) is 12.7. The number of carbonyl (C=O) groups excluding carboxylic acids is 1. The normalized spacial score (nSPS) is 29.4. The first-order valence-corrected chi connectivity index (χ1v) is 8.33. The zero-order valence-corrected chi connectivity index (χ0v) is 13.3. The molecular formula is C16H24ClN3O. The van der Waals surface area contributed by atoms with Crippen LogP contribution in [0.15, 0.2) is 12.3 Å². The highest BCUT2D eigenvalue weighted by atomic mass is 35.5. The molecule has 0 aliphatic heterocycles. The summed E-state index contributed by atoms with van der Waals surface area (Å²) in [6.07, 6.45) is 8.58. The Kier molecular flexibility index (Phi) is 4.02. The van der Waals surface area contributed by atoms with Crippen LogP contribution in [0, 0.1) is 5.92 Å². The van der Waals surface area contributed by atoms with Crippen LogP contribution in [0.5, 0.6) is 0 Å². The highest BCUT2D eigenvalue weighted by Gasteiger charge is 2.39. The topological polar surface area (TPSA) is 60.0 Å². The minimum atomic E-state index is -0.263. The highest BCUT2D eigenvalue weighted by molar-refractivity contribution is 6.31. The monoisotopic (exact) mass is 309 g/mol. The van der Waals surface area contributed by atoms with Crippen molar-refractivity contribution in [2.24, 2.45) is 11.7 Å². The summed E-state index contributed by atoms with van der Waals surface area (Å²) in [6.45, 7) is 2.69. The fraction of sp³-hybridized carbons (Fsp3) is 0.688. The molecule has 21 heavy (non-hydrogen) atoms. The molecular weight excluding hydrogens is 286 g/mol. The van der Waals surface area contributed by atoms with Gasteiger partial charge in [0.2, 0.25) is 0 Å². The number of carbonyl (C=O) groups is 1. The number of nitrogens with zero attached hydrogens (tertiary/aromatic N) is 1. The maximum Gasteiger partial charge on any atom is 0.268 e. The van der Waals surface area contributed by atoms with Gasteiger partial charge in [0.1, 0.15) is 5.69 Å². The molecule has 1 heterocycles. The molecule has 116 valence electrons. The average molecular weight is 310 g/mol. The van der Waals surface area contributed by atoms with Crippen LogP contribution in [-0.2, 0) is 0 Å². The first-order chi connectivity index (χ1) is 10.1. The number of amides is 1. The molecule has 5 heteroatoms. The molecule has 0 aromatic carbocycles. The van der Waals surface area contributed by atoms with Crippen LogP contribution < -0.4 is 11.1 Å². The van der Waals surface area contributed by atoms with Crippen LogP contribution in [0.25, 0.3) is 0 Å². The van der Waals surface area contributed by atoms with Crippen LogP contribution in [-0.4, -0.2) is 22.6 Å². The van der Waals surface area contributed by atoms with Crippen molar-refractivity contribution in [3.63, 3.8) is 0 Å². The minimum absolute atomic E-state index is 0.0343. The predicted octanol–water partition coefficient (Wildman–Crippen LogP) is 3.11. The van der Waals surface area contributed by atoms with Crippen LogP contribution in [0.4, 0.5) is 0 Å². The molecule has 1 aromatic rings. The second-order valence-corrected chi connectivity index (χ2v) is 7.08. The summed E-state index contributed by atoms with van der Waals surface area (Å²) >= 11 is 6.10. The van der Waals surface area contributed by atoms with Crippen LogP contribution in [0.3, 0.4) is 0 Å². The summed E-state index contributed by atoms with van der Waals surface area (Å²) in [5.41, 5.74) is 6.43. The molecule has 2 atom stereocenters. The van der Waals surface area contributed by atoms with Crippen molar-refractivity contribution in [2.75, 3.05) is 6.54 Å². The number of halogens is 1. The summed E-state index contributed by atoms with van der Waals surface area (Å²) < 4.78 is 2.02. The lowest BCUT2D eigenvalue weighted by atomic mass is 9.73. The zero-order chi connectivity index (χ0) is 15.0. The van der Waals surface area contributed by atoms with Crippen molar-refractivity contribution < 1.29 is 4.79 Å². The standard InChI is InChI=1S/C16H24ClN3O/c1-11-4-2-3-7-16(11,10-18)19-15(21)14-8-12(17)9-20(14)13-5-6-13/h8-9,11,13H,2-7,10,18H2,1H3,(H,19,21). The lowest BCUT2D eigenvalue weighted by Gasteiger charge is -2.42. The smallest absolute Gasteiger partial charge is 0.268 e. The lowest BCUT2D eigenvalue weighted by molar-refractivity contribution is 0.0803. The largest absolute Gasteiger partial charge is 0.344 e. The van der Waals surface area contributed by atoms with E-state index in [2.05, 4.69) is 12.2 Å². The quantitative estimate of drug-likeness (QED) is 0.897. The van der Waals surface area contributed by atoms with Gasteiger partial charge >= 0.3 is 0 Å². The van der Waals surface area contributed by atoms with Crippen molar-refractivity contribution in [1.82, 2.24) is 9.88 Å². The molecule has 2 saturated carbocycles. The Balaban J connectivity index is 1.81. The fourth-order valence-electron chi connectivity index (χ4n) is 3.53. The van der Waals surface area contributed by atoms with Gasteiger partial charge in [0.15, 0.2) is 0 Å². The van der Waals surface area contributed by atoms with E-state index in [9.17, 15) is 4.79 Å². The van der Waals surface area contributed by atoms with Crippen molar-refractivity contribution in [3.05, 3.63) is 23.0 Å². The van der Waals surface area contributed by atoms with Gasteiger partial charge in [0.25, 0.3) is 5.91 Å². The molecule has 3 rings (SSSR count). The third-order valence-corrected chi connectivity index (χ3v) is 5.37. The molecule has 2 aliphatic carbocycles. The molecule has 0 radical (unpaired) electrons. The first-order valence-electron chi connectivity index (χ1n) is 7.96. The maximum absolute atomic E-state index is 12.7. The van der Waals surface area contributed by atoms with E-state index in [4.69, 9.17) is 17.3 Å². The molecule has 2 aliphatic rings. The number of rotatable bonds is 4. The molecule has 3 N–H and O–H groups in total. The minimum Gasteiger partial charge on any atom is -0.344 e. The van der Waals surface area contributed by atoms with Gasteiger partial charge in [-0.05, 0) is 37.7 Å². The van der Waals surface area contributed by atoms with E-state index in [-0.39, 0.29) is 11.4 Å². The van der Waals surface area contributed by atoms with Gasteiger partial charge in [0.05, 0.1) is 10.6 Å². The summed E-state index contributed by atoms with van der Waals surface area (Å²) in [5, 5.41) is 3.87. The Morgan fingerprint density at radius 3 is 2.86 bits per heavy atom. The third kappa shape index (κ3) is 2.84. The average Bonchev–Trinajstić information content (AvgIpc) is 3.24. The summed E-state index contributed by atoms with van der Waals surface area (Å²) in [7, 11) is 0. The van der Waals surface area contributed by atoms with Crippen LogP contribution in [0.1, 0.15) is 62.0 Å². The van der Waals surface area contributed by atoms with Gasteiger partial charge in [-0.1, -0.05) is 31.4 Å². The molecule has 1 amide bonds. The second-order valence-electron chi connectivity index (χ2n) is 6.64. The highest BCUT2D eigenvalue weighted by Crippen LogP contribution is 2.38. The Labute approximate surface area is 131 Å². The molecule has 2 fully saturated rings. The number of hydrogen-bond acceptors (Lipinski definition) is 2. The van der Waals surface area contributed by atoms with Gasteiger partial charge in [-0.3, -0.25) is 4.79 Å². The SMILES string of the molecule is CC1CCCCC1(CN)NC(=O)c1cc(Cl)cn1C1CC1. The van der Waals surface area contributed by atoms with E-state index in [1.807, 2.05) is 10.8 Å². The summed E-state index contributed by atoms with van der Waals surface area (Å²) in [5.74, 6) is 0.382. The Hall–Kier alpha value is -1.00. The maximum atomic E-state index is 12.7. The Morgan fingerprint density at radius 1 is 1.48 bits per heavy atom. The van der Waals surface area contributed by atoms with Crippen molar-refractivity contribution in [1.29, 1.82) is 0 Å². The molecule has 1 aromatic heterocycles. The van der Waals surface area contributed by atoms with Crippen molar-refractivity contribution >= 4 is 17.5 Å². The molecule has 0 spiro atoms. The molecule has 0 bridgehead atoms. The number of nitrogens with one attached hydrogen (secondary N) is 1. The first kappa shape index (κ1) is 14.9. The number of hydrogen-bond donors (Lipinski definition) is 2. The number of nitrogens with two attached hydrogens (primary N) is 1. The van der Waals surface area contributed by atoms with E-state index in [1.165, 1.54) is 6.42 Å². The lowest BCUT2D eigenvalue weighted by Crippen LogP contribution is -2.59. The molecule has 0 saturated heterocycles. The molecule has 4 nitrogen and oxygen atoms in total. The van der Waals surface area contributed by atoms with Crippen molar-refractivity contribution in [3.8, 4) is 0 Å². The van der Waals surface area contributed by atoms with Gasteiger partial charge in [-0.15, -0.1) is 0 Å². The summed E-state index contributed by atoms with van der Waals surface area (Å²) in [6, 6.07) is 2.21.